The summed E-state index contributed by atoms with van der Waals surface area (Å²) in [5.41, 5.74) is 5.15. The molecule has 0 amide bonds. The highest BCUT2D eigenvalue weighted by molar-refractivity contribution is 7.80. The van der Waals surface area contributed by atoms with E-state index in [1.54, 1.807) is 12.4 Å². The van der Waals surface area contributed by atoms with E-state index in [-0.39, 0.29) is 0 Å². The van der Waals surface area contributed by atoms with Gasteiger partial charge in [-0.2, -0.15) is 0 Å². The maximum atomic E-state index is 4.95. The molecule has 2 heterocycles. The number of hydrogen-bond acceptors (Lipinski definition) is 5. The van der Waals surface area contributed by atoms with Crippen molar-refractivity contribution in [3.05, 3.63) is 78.1 Å². The van der Waals surface area contributed by atoms with Crippen molar-refractivity contribution in [1.29, 1.82) is 0 Å². The molecule has 0 aliphatic carbocycles. The summed E-state index contributed by atoms with van der Waals surface area (Å²) in [6.07, 6.45) is 7.05. The molecule has 2 aromatic carbocycles. The first-order valence-corrected chi connectivity index (χ1v) is 8.81. The standard InChI is InChI=1S/C20H14N4S2/c25-18-7-5-14(6-8-18)13-1-3-15(4-2-13)16-9-21-19(22-10-16)17-11-23-20(26)24-12-17/h1-12,25H,(H,23,24,26). The number of thiol groups is 1. The van der Waals surface area contributed by atoms with E-state index in [0.29, 0.717) is 10.6 Å². The maximum absolute atomic E-state index is 4.95. The summed E-state index contributed by atoms with van der Waals surface area (Å²) in [5.74, 6) is 0.607. The van der Waals surface area contributed by atoms with Gasteiger partial charge >= 0.3 is 0 Å². The van der Waals surface area contributed by atoms with E-state index >= 15 is 0 Å². The van der Waals surface area contributed by atoms with Crippen molar-refractivity contribution in [2.45, 2.75) is 4.90 Å². The lowest BCUT2D eigenvalue weighted by molar-refractivity contribution is 1.10. The predicted molar refractivity (Wildman–Crippen MR) is 109 cm³/mol. The second-order valence-corrected chi connectivity index (χ2v) is 6.63. The number of aromatic amines is 1. The fourth-order valence-corrected chi connectivity index (χ4v) is 2.86. The van der Waals surface area contributed by atoms with Crippen molar-refractivity contribution < 1.29 is 0 Å². The summed E-state index contributed by atoms with van der Waals surface area (Å²) in [4.78, 5) is 16.8. The van der Waals surface area contributed by atoms with Crippen LogP contribution in [0, 0.1) is 4.77 Å². The Morgan fingerprint density at radius 2 is 1.15 bits per heavy atom. The van der Waals surface area contributed by atoms with Crippen LogP contribution in [0.3, 0.4) is 0 Å². The lowest BCUT2D eigenvalue weighted by Crippen LogP contribution is -1.92. The third-order valence-electron chi connectivity index (χ3n) is 4.00. The minimum absolute atomic E-state index is 0.439. The Morgan fingerprint density at radius 1 is 0.654 bits per heavy atom. The number of aromatic nitrogens is 4. The van der Waals surface area contributed by atoms with Crippen LogP contribution < -0.4 is 0 Å². The summed E-state index contributed by atoms with van der Waals surface area (Å²) in [5, 5.41) is 0. The lowest BCUT2D eigenvalue weighted by Gasteiger charge is -2.06. The minimum Gasteiger partial charge on any atom is -0.337 e. The van der Waals surface area contributed by atoms with Gasteiger partial charge in [0.05, 0.1) is 5.56 Å². The molecule has 4 rings (SSSR count). The van der Waals surface area contributed by atoms with E-state index in [1.807, 2.05) is 24.5 Å². The second kappa shape index (κ2) is 7.19. The minimum atomic E-state index is 0.439. The molecule has 0 radical (unpaired) electrons. The van der Waals surface area contributed by atoms with Gasteiger partial charge < -0.3 is 4.98 Å². The van der Waals surface area contributed by atoms with Crippen LogP contribution in [0.1, 0.15) is 0 Å². The molecule has 0 fully saturated rings. The Hall–Kier alpha value is -2.83. The molecule has 26 heavy (non-hydrogen) atoms. The van der Waals surface area contributed by atoms with Gasteiger partial charge in [0.1, 0.15) is 0 Å². The average molecular weight is 374 g/mol. The molecular formula is C20H14N4S2. The first-order chi connectivity index (χ1) is 12.7. The average Bonchev–Trinajstić information content (AvgIpc) is 2.70. The third-order valence-corrected chi connectivity index (χ3v) is 4.52. The van der Waals surface area contributed by atoms with Crippen LogP contribution in [-0.2, 0) is 0 Å². The molecule has 2 aromatic heterocycles. The summed E-state index contributed by atoms with van der Waals surface area (Å²) >= 11 is 9.27. The molecule has 0 spiro atoms. The highest BCUT2D eigenvalue weighted by atomic mass is 32.1. The largest absolute Gasteiger partial charge is 0.337 e. The van der Waals surface area contributed by atoms with Crippen LogP contribution in [0.15, 0.2) is 78.2 Å². The highest BCUT2D eigenvalue weighted by Gasteiger charge is 2.04. The van der Waals surface area contributed by atoms with Gasteiger partial charge in [-0.3, -0.25) is 0 Å². The zero-order chi connectivity index (χ0) is 17.9. The molecule has 4 nitrogen and oxygen atoms in total. The second-order valence-electron chi connectivity index (χ2n) is 5.73. The topological polar surface area (TPSA) is 54.5 Å². The maximum Gasteiger partial charge on any atom is 0.196 e. The molecule has 6 heteroatoms. The quantitative estimate of drug-likeness (QED) is 0.381. The Kier molecular flexibility index (Phi) is 4.60. The molecule has 0 atom stereocenters. The molecule has 0 aliphatic heterocycles. The SMILES string of the molecule is S=c1ncc(-c2ncc(-c3ccc(-c4ccc(S)cc4)cc3)cn2)c[nH]1. The number of rotatable bonds is 3. The molecule has 0 aliphatic rings. The van der Waals surface area contributed by atoms with Crippen LogP contribution in [0.25, 0.3) is 33.6 Å². The first-order valence-electron chi connectivity index (χ1n) is 7.96. The normalized spacial score (nSPS) is 10.7. The van der Waals surface area contributed by atoms with E-state index in [9.17, 15) is 0 Å². The van der Waals surface area contributed by atoms with Crippen molar-refractivity contribution in [3.8, 4) is 33.6 Å². The van der Waals surface area contributed by atoms with Crippen LogP contribution >= 0.6 is 24.8 Å². The Labute approximate surface area is 161 Å². The number of hydrogen-bond donors (Lipinski definition) is 2. The van der Waals surface area contributed by atoms with Crippen LogP contribution in [-0.4, -0.2) is 19.9 Å². The van der Waals surface area contributed by atoms with Gasteiger partial charge in [0, 0.05) is 35.2 Å². The molecule has 0 bridgehead atoms. The number of benzene rings is 2. The molecule has 0 unspecified atom stereocenters. The highest BCUT2D eigenvalue weighted by Crippen LogP contribution is 2.25. The van der Waals surface area contributed by atoms with Crippen molar-refractivity contribution in [2.75, 3.05) is 0 Å². The molecule has 126 valence electrons. The molecule has 0 saturated heterocycles. The van der Waals surface area contributed by atoms with E-state index < -0.39 is 0 Å². The molecular weight excluding hydrogens is 360 g/mol. The summed E-state index contributed by atoms with van der Waals surface area (Å²) in [6.45, 7) is 0. The van der Waals surface area contributed by atoms with Crippen LogP contribution in [0.4, 0.5) is 0 Å². The van der Waals surface area contributed by atoms with Crippen molar-refractivity contribution in [1.82, 2.24) is 19.9 Å². The van der Waals surface area contributed by atoms with Gasteiger partial charge in [0.25, 0.3) is 0 Å². The predicted octanol–water partition coefficient (Wildman–Crippen LogP) is 5.22. The van der Waals surface area contributed by atoms with Gasteiger partial charge in [-0.1, -0.05) is 36.4 Å². The zero-order valence-electron chi connectivity index (χ0n) is 13.6. The zero-order valence-corrected chi connectivity index (χ0v) is 15.3. The van der Waals surface area contributed by atoms with E-state index in [1.165, 1.54) is 0 Å². The lowest BCUT2D eigenvalue weighted by atomic mass is 10.0. The smallest absolute Gasteiger partial charge is 0.196 e. The number of H-pyrrole nitrogens is 1. The molecule has 4 aromatic rings. The first kappa shape index (κ1) is 16.6. The summed E-state index contributed by atoms with van der Waals surface area (Å²) in [6, 6.07) is 16.4. The monoisotopic (exact) mass is 374 g/mol. The fourth-order valence-electron chi connectivity index (χ4n) is 2.60. The van der Waals surface area contributed by atoms with Crippen LogP contribution in [0.2, 0.25) is 0 Å². The van der Waals surface area contributed by atoms with Gasteiger partial charge in [-0.15, -0.1) is 12.6 Å². The van der Waals surface area contributed by atoms with E-state index in [4.69, 9.17) is 12.2 Å². The number of nitrogens with zero attached hydrogens (tertiary/aromatic N) is 3. The van der Waals surface area contributed by atoms with Gasteiger partial charge in [0.15, 0.2) is 10.6 Å². The van der Waals surface area contributed by atoms with E-state index in [0.717, 1.165) is 32.7 Å². The van der Waals surface area contributed by atoms with Gasteiger partial charge in [-0.25, -0.2) is 15.0 Å². The van der Waals surface area contributed by atoms with Gasteiger partial charge in [-0.05, 0) is 41.0 Å². The molecule has 0 saturated carbocycles. The van der Waals surface area contributed by atoms with Gasteiger partial charge in [0.2, 0.25) is 0 Å². The molecule has 1 N–H and O–H groups in total. The Morgan fingerprint density at radius 3 is 1.69 bits per heavy atom. The van der Waals surface area contributed by atoms with E-state index in [2.05, 4.69) is 69.0 Å². The number of nitrogens with one attached hydrogen (secondary N) is 1. The summed E-state index contributed by atoms with van der Waals surface area (Å²) < 4.78 is 0.439. The van der Waals surface area contributed by atoms with Crippen LogP contribution in [0.5, 0.6) is 0 Å². The van der Waals surface area contributed by atoms with Crippen molar-refractivity contribution in [3.63, 3.8) is 0 Å². The summed E-state index contributed by atoms with van der Waals surface area (Å²) in [7, 11) is 0. The van der Waals surface area contributed by atoms with Crippen molar-refractivity contribution in [2.24, 2.45) is 0 Å². The van der Waals surface area contributed by atoms with Crippen molar-refractivity contribution >= 4 is 24.8 Å². The fraction of sp³-hybridized carbons (Fsp3) is 0. The third kappa shape index (κ3) is 3.56. The Bertz CT molecular complexity index is 1070. The Balaban J connectivity index is 1.58.